The van der Waals surface area contributed by atoms with Gasteiger partial charge in [-0.25, -0.2) is 0 Å². The van der Waals surface area contributed by atoms with Crippen molar-refractivity contribution in [2.24, 2.45) is 0 Å². The molecule has 0 radical (unpaired) electrons. The second kappa shape index (κ2) is 7.38. The van der Waals surface area contributed by atoms with E-state index >= 15 is 0 Å². The van der Waals surface area contributed by atoms with Crippen LogP contribution in [0.4, 0.5) is 4.79 Å². The molecule has 24 heavy (non-hydrogen) atoms. The van der Waals surface area contributed by atoms with E-state index in [0.717, 1.165) is 33.5 Å². The highest BCUT2D eigenvalue weighted by atomic mass is 35.5. The second-order valence-electron chi connectivity index (χ2n) is 5.17. The third-order valence-corrected chi connectivity index (χ3v) is 5.29. The summed E-state index contributed by atoms with van der Waals surface area (Å²) in [6.45, 7) is 0.446. The highest BCUT2D eigenvalue weighted by molar-refractivity contribution is 8.19. The zero-order valence-electron chi connectivity index (χ0n) is 12.9. The fourth-order valence-electron chi connectivity index (χ4n) is 2.26. The van der Waals surface area contributed by atoms with Crippen molar-refractivity contribution in [2.45, 2.75) is 6.54 Å². The maximum atomic E-state index is 12.3. The van der Waals surface area contributed by atoms with Gasteiger partial charge >= 0.3 is 0 Å². The Morgan fingerprint density at radius 3 is 2.46 bits per heavy atom. The summed E-state index contributed by atoms with van der Waals surface area (Å²) in [6.07, 6.45) is 1.92. The summed E-state index contributed by atoms with van der Waals surface area (Å²) in [5.74, 6) is 0.791. The number of carbonyl (C=O) groups is 1. The van der Waals surface area contributed by atoms with Crippen molar-refractivity contribution in [1.29, 1.82) is 0 Å². The number of hydrogen-bond donors (Lipinski definition) is 0. The van der Waals surface area contributed by atoms with Crippen molar-refractivity contribution >= 4 is 51.9 Å². The monoisotopic (exact) mass is 375 g/mol. The molecule has 2 aromatic rings. The molecular formula is C18H14ClNO2S2. The summed E-state index contributed by atoms with van der Waals surface area (Å²) in [5, 5.41) is 0.609. The van der Waals surface area contributed by atoms with Crippen molar-refractivity contribution in [3.63, 3.8) is 0 Å². The van der Waals surface area contributed by atoms with Crippen molar-refractivity contribution < 1.29 is 9.53 Å². The molecular weight excluding hydrogens is 362 g/mol. The Labute approximate surface area is 155 Å². The minimum Gasteiger partial charge on any atom is -0.497 e. The van der Waals surface area contributed by atoms with Crippen LogP contribution >= 0.6 is 35.6 Å². The van der Waals surface area contributed by atoms with Gasteiger partial charge in [0, 0.05) is 5.02 Å². The van der Waals surface area contributed by atoms with Crippen LogP contribution in [0.3, 0.4) is 0 Å². The topological polar surface area (TPSA) is 29.5 Å². The van der Waals surface area contributed by atoms with E-state index in [0.29, 0.717) is 16.6 Å². The van der Waals surface area contributed by atoms with Gasteiger partial charge in [-0.05, 0) is 53.2 Å². The molecule has 0 saturated carbocycles. The zero-order valence-corrected chi connectivity index (χ0v) is 15.3. The van der Waals surface area contributed by atoms with Crippen LogP contribution in [-0.2, 0) is 6.54 Å². The Morgan fingerprint density at radius 2 is 1.83 bits per heavy atom. The van der Waals surface area contributed by atoms with Crippen LogP contribution in [-0.4, -0.2) is 22.2 Å². The standard InChI is InChI=1S/C18H14ClNO2S2/c1-22-15-8-4-12(5-9-15)10-16-17(23)20(18(21)24-16)11-13-2-6-14(19)7-3-13/h2-10H,11H2,1H3/b16-10+. The smallest absolute Gasteiger partial charge is 0.291 e. The van der Waals surface area contributed by atoms with E-state index in [1.165, 1.54) is 0 Å². The van der Waals surface area contributed by atoms with E-state index < -0.39 is 0 Å². The van der Waals surface area contributed by atoms with Gasteiger partial charge in [0.05, 0.1) is 18.6 Å². The maximum Gasteiger partial charge on any atom is 0.291 e. The third-order valence-electron chi connectivity index (χ3n) is 3.54. The van der Waals surface area contributed by atoms with Crippen molar-refractivity contribution in [3.05, 3.63) is 69.6 Å². The predicted octanol–water partition coefficient (Wildman–Crippen LogP) is 5.39. The molecule has 122 valence electrons. The molecule has 0 aliphatic carbocycles. The molecule has 0 bridgehead atoms. The lowest BCUT2D eigenvalue weighted by molar-refractivity contribution is 0.244. The van der Waals surface area contributed by atoms with Crippen LogP contribution in [0, 0.1) is 0 Å². The molecule has 2 aromatic carbocycles. The molecule has 0 unspecified atom stereocenters. The minimum absolute atomic E-state index is 0.0605. The lowest BCUT2D eigenvalue weighted by Crippen LogP contribution is -2.26. The Balaban J connectivity index is 1.77. The average molecular weight is 376 g/mol. The number of thioether (sulfide) groups is 1. The first-order chi connectivity index (χ1) is 11.6. The highest BCUT2D eigenvalue weighted by Gasteiger charge is 2.31. The first kappa shape index (κ1) is 17.0. The van der Waals surface area contributed by atoms with Gasteiger partial charge in [0.15, 0.2) is 0 Å². The molecule has 1 aliphatic rings. The number of thiocarbonyl (C=S) groups is 1. The van der Waals surface area contributed by atoms with Crippen LogP contribution in [0.15, 0.2) is 53.4 Å². The quantitative estimate of drug-likeness (QED) is 0.529. The zero-order chi connectivity index (χ0) is 17.1. The minimum atomic E-state index is -0.0605. The third kappa shape index (κ3) is 3.80. The van der Waals surface area contributed by atoms with Gasteiger partial charge in [0.2, 0.25) is 0 Å². The lowest BCUT2D eigenvalue weighted by atomic mass is 10.2. The van der Waals surface area contributed by atoms with Crippen molar-refractivity contribution in [1.82, 2.24) is 4.90 Å². The molecule has 1 amide bonds. The molecule has 0 N–H and O–H groups in total. The van der Waals surface area contributed by atoms with E-state index in [4.69, 9.17) is 28.6 Å². The van der Waals surface area contributed by atoms with E-state index in [2.05, 4.69) is 0 Å². The van der Waals surface area contributed by atoms with Gasteiger partial charge in [-0.15, -0.1) is 0 Å². The number of halogens is 1. The molecule has 1 saturated heterocycles. The summed E-state index contributed by atoms with van der Waals surface area (Å²) in [5.41, 5.74) is 1.96. The second-order valence-corrected chi connectivity index (χ2v) is 6.98. The van der Waals surface area contributed by atoms with E-state index in [1.807, 2.05) is 54.6 Å². The number of carbonyl (C=O) groups excluding carboxylic acids is 1. The van der Waals surface area contributed by atoms with Gasteiger partial charge in [0.25, 0.3) is 5.24 Å². The largest absolute Gasteiger partial charge is 0.497 e. The molecule has 1 aliphatic heterocycles. The fraction of sp³-hybridized carbons (Fsp3) is 0.111. The average Bonchev–Trinajstić information content (AvgIpc) is 2.85. The van der Waals surface area contributed by atoms with Crippen LogP contribution in [0.25, 0.3) is 6.08 Å². The van der Waals surface area contributed by atoms with Gasteiger partial charge < -0.3 is 4.74 Å². The molecule has 3 nitrogen and oxygen atoms in total. The van der Waals surface area contributed by atoms with Gasteiger partial charge in [-0.3, -0.25) is 9.69 Å². The van der Waals surface area contributed by atoms with Crippen molar-refractivity contribution in [3.8, 4) is 5.75 Å². The lowest BCUT2D eigenvalue weighted by Gasteiger charge is -2.14. The Kier molecular flexibility index (Phi) is 5.23. The Morgan fingerprint density at radius 1 is 1.17 bits per heavy atom. The first-order valence-corrected chi connectivity index (χ1v) is 8.81. The molecule has 6 heteroatoms. The van der Waals surface area contributed by atoms with Crippen LogP contribution < -0.4 is 4.74 Å². The summed E-state index contributed by atoms with van der Waals surface area (Å²) in [6, 6.07) is 15.0. The first-order valence-electron chi connectivity index (χ1n) is 7.20. The SMILES string of the molecule is COc1ccc(/C=C2/SC(=O)N(Cc3ccc(Cl)cc3)C2=S)cc1. The van der Waals surface area contributed by atoms with Crippen LogP contribution in [0.1, 0.15) is 11.1 Å². The number of methoxy groups -OCH3 is 1. The Bertz CT molecular complexity index is 801. The normalized spacial score (nSPS) is 16.1. The predicted molar refractivity (Wildman–Crippen MR) is 104 cm³/mol. The van der Waals surface area contributed by atoms with Gasteiger partial charge in [-0.1, -0.05) is 48.1 Å². The molecule has 0 atom stereocenters. The number of nitrogens with zero attached hydrogens (tertiary/aromatic N) is 1. The van der Waals surface area contributed by atoms with Gasteiger partial charge in [-0.2, -0.15) is 0 Å². The van der Waals surface area contributed by atoms with Gasteiger partial charge in [0.1, 0.15) is 10.7 Å². The van der Waals surface area contributed by atoms with E-state index in [1.54, 1.807) is 12.0 Å². The molecule has 1 fully saturated rings. The van der Waals surface area contributed by atoms with E-state index in [9.17, 15) is 4.79 Å². The molecule has 0 aromatic heterocycles. The number of hydrogen-bond acceptors (Lipinski definition) is 4. The maximum absolute atomic E-state index is 12.3. The fourth-order valence-corrected chi connectivity index (χ4v) is 3.62. The number of amides is 1. The van der Waals surface area contributed by atoms with E-state index in [-0.39, 0.29) is 5.24 Å². The van der Waals surface area contributed by atoms with Crippen LogP contribution in [0.2, 0.25) is 5.02 Å². The number of ether oxygens (including phenoxy) is 1. The number of benzene rings is 2. The highest BCUT2D eigenvalue weighted by Crippen LogP contribution is 2.34. The molecule has 0 spiro atoms. The van der Waals surface area contributed by atoms with Crippen LogP contribution in [0.5, 0.6) is 5.75 Å². The summed E-state index contributed by atoms with van der Waals surface area (Å²) < 4.78 is 5.15. The Hall–Kier alpha value is -1.82. The summed E-state index contributed by atoms with van der Waals surface area (Å²) >= 11 is 12.5. The summed E-state index contributed by atoms with van der Waals surface area (Å²) in [4.78, 5) is 15.2. The summed E-state index contributed by atoms with van der Waals surface area (Å²) in [7, 11) is 1.63. The molecule has 1 heterocycles. The number of rotatable bonds is 4. The molecule has 3 rings (SSSR count). The van der Waals surface area contributed by atoms with Crippen molar-refractivity contribution in [2.75, 3.05) is 7.11 Å².